The van der Waals surface area contributed by atoms with E-state index in [4.69, 9.17) is 16.3 Å². The molecule has 1 aromatic rings. The fourth-order valence-corrected chi connectivity index (χ4v) is 3.00. The normalized spacial score (nSPS) is 14.2. The molecule has 0 saturated carbocycles. The SMILES string of the molecule is CCOC(=O)Cc1nc(Cl)c2c(n1)CCCS2. The maximum atomic E-state index is 11.3. The predicted octanol–water partition coefficient (Wildman–Crippen LogP) is 2.27. The van der Waals surface area contributed by atoms with Gasteiger partial charge < -0.3 is 4.74 Å². The van der Waals surface area contributed by atoms with Crippen molar-refractivity contribution >= 4 is 29.3 Å². The standard InChI is InChI=1S/C11H13ClN2O2S/c1-2-16-9(15)6-8-13-7-4-3-5-17-10(7)11(12)14-8/h2-6H2,1H3. The van der Waals surface area contributed by atoms with E-state index in [9.17, 15) is 4.79 Å². The van der Waals surface area contributed by atoms with Crippen LogP contribution in [0, 0.1) is 0 Å². The summed E-state index contributed by atoms with van der Waals surface area (Å²) in [5, 5.41) is 0.457. The molecule has 0 bridgehead atoms. The van der Waals surface area contributed by atoms with Crippen molar-refractivity contribution in [3.63, 3.8) is 0 Å². The molecule has 4 nitrogen and oxygen atoms in total. The summed E-state index contributed by atoms with van der Waals surface area (Å²) < 4.78 is 4.86. The number of nitrogens with zero attached hydrogens (tertiary/aromatic N) is 2. The van der Waals surface area contributed by atoms with E-state index in [1.165, 1.54) is 0 Å². The molecule has 6 heteroatoms. The lowest BCUT2D eigenvalue weighted by molar-refractivity contribution is -0.142. The number of carbonyl (C=O) groups excluding carboxylic acids is 1. The zero-order valence-electron chi connectivity index (χ0n) is 9.53. The molecular weight excluding hydrogens is 260 g/mol. The van der Waals surface area contributed by atoms with Gasteiger partial charge in [-0.3, -0.25) is 4.79 Å². The quantitative estimate of drug-likeness (QED) is 0.624. The molecule has 92 valence electrons. The minimum atomic E-state index is -0.313. The van der Waals surface area contributed by atoms with Gasteiger partial charge in [-0.05, 0) is 25.5 Å². The molecule has 2 heterocycles. The van der Waals surface area contributed by atoms with Crippen molar-refractivity contribution in [1.82, 2.24) is 9.97 Å². The Kier molecular flexibility index (Phi) is 4.23. The van der Waals surface area contributed by atoms with Crippen LogP contribution in [-0.4, -0.2) is 28.3 Å². The number of carbonyl (C=O) groups is 1. The van der Waals surface area contributed by atoms with Crippen LogP contribution in [0.1, 0.15) is 24.9 Å². The Bertz CT molecular complexity index is 440. The Morgan fingerprint density at radius 1 is 1.53 bits per heavy atom. The summed E-state index contributed by atoms with van der Waals surface area (Å²) in [4.78, 5) is 20.8. The topological polar surface area (TPSA) is 52.1 Å². The predicted molar refractivity (Wildman–Crippen MR) is 66.4 cm³/mol. The third-order valence-electron chi connectivity index (χ3n) is 2.35. The first kappa shape index (κ1) is 12.6. The number of aryl methyl sites for hydroxylation is 1. The van der Waals surface area contributed by atoms with Gasteiger partial charge in [-0.15, -0.1) is 11.8 Å². The van der Waals surface area contributed by atoms with Crippen LogP contribution >= 0.6 is 23.4 Å². The summed E-state index contributed by atoms with van der Waals surface area (Å²) in [6.45, 7) is 2.14. The molecule has 0 unspecified atom stereocenters. The van der Waals surface area contributed by atoms with Crippen molar-refractivity contribution in [1.29, 1.82) is 0 Å². The van der Waals surface area contributed by atoms with E-state index in [1.807, 2.05) is 0 Å². The maximum absolute atomic E-state index is 11.3. The zero-order valence-corrected chi connectivity index (χ0v) is 11.1. The summed E-state index contributed by atoms with van der Waals surface area (Å²) in [5.74, 6) is 1.19. The highest BCUT2D eigenvalue weighted by atomic mass is 35.5. The second kappa shape index (κ2) is 5.69. The minimum absolute atomic E-state index is 0.0888. The Morgan fingerprint density at radius 2 is 2.35 bits per heavy atom. The number of hydrogen-bond donors (Lipinski definition) is 0. The number of ether oxygens (including phenoxy) is 1. The van der Waals surface area contributed by atoms with Crippen LogP contribution < -0.4 is 0 Å². The largest absolute Gasteiger partial charge is 0.466 e. The lowest BCUT2D eigenvalue weighted by atomic mass is 10.2. The second-order valence-electron chi connectivity index (χ2n) is 3.64. The van der Waals surface area contributed by atoms with E-state index >= 15 is 0 Å². The van der Waals surface area contributed by atoms with Gasteiger partial charge >= 0.3 is 5.97 Å². The van der Waals surface area contributed by atoms with E-state index in [0.29, 0.717) is 17.6 Å². The van der Waals surface area contributed by atoms with Gasteiger partial charge in [0.1, 0.15) is 17.4 Å². The molecule has 0 fully saturated rings. The highest BCUT2D eigenvalue weighted by Gasteiger charge is 2.18. The first-order chi connectivity index (χ1) is 8.20. The van der Waals surface area contributed by atoms with Gasteiger partial charge in [0, 0.05) is 0 Å². The molecule has 0 atom stereocenters. The Hall–Kier alpha value is -0.810. The van der Waals surface area contributed by atoms with Gasteiger partial charge in [-0.2, -0.15) is 0 Å². The number of fused-ring (bicyclic) bond motifs is 1. The number of aromatic nitrogens is 2. The van der Waals surface area contributed by atoms with Crippen LogP contribution in [-0.2, 0) is 22.4 Å². The van der Waals surface area contributed by atoms with Gasteiger partial charge in [0.2, 0.25) is 0 Å². The molecule has 0 N–H and O–H groups in total. The summed E-state index contributed by atoms with van der Waals surface area (Å²) in [6.07, 6.45) is 2.08. The van der Waals surface area contributed by atoms with E-state index in [-0.39, 0.29) is 12.4 Å². The zero-order chi connectivity index (χ0) is 12.3. The fraction of sp³-hybridized carbons (Fsp3) is 0.545. The van der Waals surface area contributed by atoms with Crippen molar-refractivity contribution in [3.8, 4) is 0 Å². The first-order valence-corrected chi connectivity index (χ1v) is 6.90. The molecule has 0 spiro atoms. The second-order valence-corrected chi connectivity index (χ2v) is 5.10. The molecule has 0 radical (unpaired) electrons. The molecule has 0 aromatic carbocycles. The van der Waals surface area contributed by atoms with Crippen molar-refractivity contribution in [2.75, 3.05) is 12.4 Å². The molecule has 2 rings (SSSR count). The lowest BCUT2D eigenvalue weighted by Gasteiger charge is -2.15. The molecule has 0 aliphatic carbocycles. The van der Waals surface area contributed by atoms with Gasteiger partial charge in [-0.1, -0.05) is 11.6 Å². The van der Waals surface area contributed by atoms with Gasteiger partial charge in [0.05, 0.1) is 17.2 Å². The van der Waals surface area contributed by atoms with Gasteiger partial charge in [0.25, 0.3) is 0 Å². The van der Waals surface area contributed by atoms with E-state index in [0.717, 1.165) is 29.2 Å². The number of esters is 1. The molecule has 1 aliphatic rings. The highest BCUT2D eigenvalue weighted by Crippen LogP contribution is 2.33. The summed E-state index contributed by atoms with van der Waals surface area (Å²) in [6, 6.07) is 0. The molecule has 17 heavy (non-hydrogen) atoms. The average Bonchev–Trinajstić information content (AvgIpc) is 2.29. The van der Waals surface area contributed by atoms with Crippen molar-refractivity contribution in [3.05, 3.63) is 16.7 Å². The van der Waals surface area contributed by atoms with E-state index in [1.54, 1.807) is 18.7 Å². The number of thioether (sulfide) groups is 1. The summed E-state index contributed by atoms with van der Waals surface area (Å²) in [7, 11) is 0. The summed E-state index contributed by atoms with van der Waals surface area (Å²) in [5.41, 5.74) is 0.959. The van der Waals surface area contributed by atoms with Crippen molar-refractivity contribution < 1.29 is 9.53 Å². The molecule has 0 amide bonds. The molecular formula is C11H13ClN2O2S. The fourth-order valence-electron chi connectivity index (χ4n) is 1.66. The van der Waals surface area contributed by atoms with Crippen molar-refractivity contribution in [2.24, 2.45) is 0 Å². The molecule has 1 aromatic heterocycles. The Balaban J connectivity index is 2.19. The molecule has 0 saturated heterocycles. The van der Waals surface area contributed by atoms with E-state index in [2.05, 4.69) is 9.97 Å². The lowest BCUT2D eigenvalue weighted by Crippen LogP contribution is -2.13. The van der Waals surface area contributed by atoms with Crippen LogP contribution in [0.25, 0.3) is 0 Å². The average molecular weight is 273 g/mol. The Morgan fingerprint density at radius 3 is 3.12 bits per heavy atom. The first-order valence-electron chi connectivity index (χ1n) is 5.54. The van der Waals surface area contributed by atoms with Gasteiger partial charge in [-0.25, -0.2) is 9.97 Å². The van der Waals surface area contributed by atoms with Crippen LogP contribution in [0.5, 0.6) is 0 Å². The van der Waals surface area contributed by atoms with Crippen molar-refractivity contribution in [2.45, 2.75) is 31.1 Å². The number of hydrogen-bond acceptors (Lipinski definition) is 5. The Labute approximate surface area is 109 Å². The number of halogens is 1. The highest BCUT2D eigenvalue weighted by molar-refractivity contribution is 7.99. The van der Waals surface area contributed by atoms with Crippen LogP contribution in [0.2, 0.25) is 5.15 Å². The monoisotopic (exact) mass is 272 g/mol. The smallest absolute Gasteiger partial charge is 0.313 e. The van der Waals surface area contributed by atoms with Crippen LogP contribution in [0.4, 0.5) is 0 Å². The van der Waals surface area contributed by atoms with Gasteiger partial charge in [0.15, 0.2) is 0 Å². The maximum Gasteiger partial charge on any atom is 0.313 e. The third-order valence-corrected chi connectivity index (χ3v) is 3.95. The van der Waals surface area contributed by atoms with Crippen LogP contribution in [0.15, 0.2) is 4.90 Å². The number of rotatable bonds is 3. The van der Waals surface area contributed by atoms with Crippen LogP contribution in [0.3, 0.4) is 0 Å². The third kappa shape index (κ3) is 3.10. The minimum Gasteiger partial charge on any atom is -0.466 e. The summed E-state index contributed by atoms with van der Waals surface area (Å²) >= 11 is 7.76. The molecule has 1 aliphatic heterocycles. The van der Waals surface area contributed by atoms with E-state index < -0.39 is 0 Å².